The number of nitrogens with zero attached hydrogens (tertiary/aromatic N) is 2. The molecule has 0 spiro atoms. The van der Waals surface area contributed by atoms with Crippen LogP contribution < -0.4 is 5.32 Å². The van der Waals surface area contributed by atoms with Crippen LogP contribution in [0.5, 0.6) is 0 Å². The zero-order valence-electron chi connectivity index (χ0n) is 10.7. The number of hydrogen-bond donors (Lipinski definition) is 2. The number of hydrogen-bond acceptors (Lipinski definition) is 4. The molecular formula is C13H16N4OS. The predicted octanol–water partition coefficient (Wildman–Crippen LogP) is 1.57. The molecule has 5 nitrogen and oxygen atoms in total. The quantitative estimate of drug-likeness (QED) is 0.894. The zero-order chi connectivity index (χ0) is 13.2. The fourth-order valence-corrected chi connectivity index (χ4v) is 3.00. The van der Waals surface area contributed by atoms with Crippen LogP contribution in [-0.4, -0.2) is 47.2 Å². The van der Waals surface area contributed by atoms with E-state index < -0.39 is 0 Å². The highest BCUT2D eigenvalue weighted by Gasteiger charge is 2.25. The Labute approximate surface area is 115 Å². The number of carbonyl (C=O) groups excluding carboxylic acids is 1. The monoisotopic (exact) mass is 276 g/mol. The SMILES string of the molecule is CN(C(=O)c1cc(-c2cccs2)[nH]n1)C1CCNC1. The molecule has 1 saturated heterocycles. The summed E-state index contributed by atoms with van der Waals surface area (Å²) in [6, 6.07) is 6.09. The summed E-state index contributed by atoms with van der Waals surface area (Å²) in [5, 5.41) is 12.3. The normalized spacial score (nSPS) is 18.7. The van der Waals surface area contributed by atoms with Crippen LogP contribution in [0.4, 0.5) is 0 Å². The number of carbonyl (C=O) groups is 1. The van der Waals surface area contributed by atoms with Gasteiger partial charge >= 0.3 is 0 Å². The van der Waals surface area contributed by atoms with E-state index in [4.69, 9.17) is 0 Å². The molecule has 0 aromatic carbocycles. The Balaban J connectivity index is 1.76. The van der Waals surface area contributed by atoms with E-state index >= 15 is 0 Å². The molecule has 2 aromatic rings. The number of amides is 1. The van der Waals surface area contributed by atoms with Crippen LogP contribution in [-0.2, 0) is 0 Å². The smallest absolute Gasteiger partial charge is 0.274 e. The van der Waals surface area contributed by atoms with E-state index in [1.54, 1.807) is 16.2 Å². The van der Waals surface area contributed by atoms with Crippen molar-refractivity contribution >= 4 is 17.2 Å². The molecule has 1 aliphatic rings. The number of H-pyrrole nitrogens is 1. The number of nitrogens with one attached hydrogen (secondary N) is 2. The average Bonchev–Trinajstić information content (AvgIpc) is 3.16. The standard InChI is InChI=1S/C13H16N4OS/c1-17(9-4-5-14-8-9)13(18)11-7-10(15-16-11)12-3-2-6-19-12/h2-3,6-7,9,14H,4-5,8H2,1H3,(H,15,16). The van der Waals surface area contributed by atoms with Crippen molar-refractivity contribution in [3.05, 3.63) is 29.3 Å². The van der Waals surface area contributed by atoms with Gasteiger partial charge in [0.2, 0.25) is 0 Å². The maximum Gasteiger partial charge on any atom is 0.274 e. The van der Waals surface area contributed by atoms with Crippen molar-refractivity contribution in [2.45, 2.75) is 12.5 Å². The van der Waals surface area contributed by atoms with Gasteiger partial charge in [0.25, 0.3) is 5.91 Å². The highest BCUT2D eigenvalue weighted by atomic mass is 32.1. The van der Waals surface area contributed by atoms with Gasteiger partial charge < -0.3 is 10.2 Å². The minimum atomic E-state index is -0.0206. The van der Waals surface area contributed by atoms with E-state index in [0.29, 0.717) is 5.69 Å². The van der Waals surface area contributed by atoms with Gasteiger partial charge in [-0.15, -0.1) is 11.3 Å². The lowest BCUT2D eigenvalue weighted by Gasteiger charge is -2.22. The molecule has 1 atom stereocenters. The Morgan fingerprint density at radius 3 is 3.16 bits per heavy atom. The highest BCUT2D eigenvalue weighted by Crippen LogP contribution is 2.23. The van der Waals surface area contributed by atoms with E-state index in [1.807, 2.05) is 30.6 Å². The summed E-state index contributed by atoms with van der Waals surface area (Å²) < 4.78 is 0. The topological polar surface area (TPSA) is 61.0 Å². The fourth-order valence-electron chi connectivity index (χ4n) is 2.31. The molecule has 2 aromatic heterocycles. The van der Waals surface area contributed by atoms with E-state index in [0.717, 1.165) is 30.1 Å². The van der Waals surface area contributed by atoms with Gasteiger partial charge in [-0.25, -0.2) is 0 Å². The average molecular weight is 276 g/mol. The van der Waals surface area contributed by atoms with Gasteiger partial charge in [0, 0.05) is 19.6 Å². The lowest BCUT2D eigenvalue weighted by Crippen LogP contribution is -2.38. The predicted molar refractivity (Wildman–Crippen MR) is 75.3 cm³/mol. The van der Waals surface area contributed by atoms with Gasteiger partial charge in [-0.05, 0) is 30.5 Å². The van der Waals surface area contributed by atoms with Crippen molar-refractivity contribution in [1.29, 1.82) is 0 Å². The van der Waals surface area contributed by atoms with Crippen LogP contribution in [0.3, 0.4) is 0 Å². The number of likely N-dealkylation sites (N-methyl/N-ethyl adjacent to an activating group) is 1. The maximum atomic E-state index is 12.3. The second-order valence-electron chi connectivity index (χ2n) is 4.71. The van der Waals surface area contributed by atoms with Gasteiger partial charge in [-0.1, -0.05) is 6.07 Å². The minimum Gasteiger partial charge on any atom is -0.336 e. The number of thiophene rings is 1. The Bertz CT molecular complexity index is 557. The number of aromatic amines is 1. The second-order valence-corrected chi connectivity index (χ2v) is 5.65. The van der Waals surface area contributed by atoms with E-state index in [2.05, 4.69) is 15.5 Å². The Morgan fingerprint density at radius 1 is 1.58 bits per heavy atom. The largest absolute Gasteiger partial charge is 0.336 e. The summed E-state index contributed by atoms with van der Waals surface area (Å²) in [6.07, 6.45) is 1.00. The second kappa shape index (κ2) is 5.14. The molecule has 1 unspecified atom stereocenters. The minimum absolute atomic E-state index is 0.0206. The first kappa shape index (κ1) is 12.4. The van der Waals surface area contributed by atoms with Crippen LogP contribution in [0.2, 0.25) is 0 Å². The first-order valence-corrected chi connectivity index (χ1v) is 7.21. The third kappa shape index (κ3) is 2.41. The van der Waals surface area contributed by atoms with E-state index in [1.165, 1.54) is 0 Å². The molecule has 6 heteroatoms. The Kier molecular flexibility index (Phi) is 3.35. The lowest BCUT2D eigenvalue weighted by molar-refractivity contribution is 0.0738. The summed E-state index contributed by atoms with van der Waals surface area (Å²) in [5.74, 6) is -0.0206. The van der Waals surface area contributed by atoms with Crippen LogP contribution >= 0.6 is 11.3 Å². The molecular weight excluding hydrogens is 260 g/mol. The third-order valence-corrected chi connectivity index (χ3v) is 4.39. The molecule has 0 bridgehead atoms. The van der Waals surface area contributed by atoms with Gasteiger partial charge in [-0.2, -0.15) is 5.10 Å². The summed E-state index contributed by atoms with van der Waals surface area (Å²) in [4.78, 5) is 15.2. The molecule has 3 heterocycles. The zero-order valence-corrected chi connectivity index (χ0v) is 11.5. The van der Waals surface area contributed by atoms with Crippen molar-refractivity contribution in [1.82, 2.24) is 20.4 Å². The van der Waals surface area contributed by atoms with Gasteiger partial charge in [0.1, 0.15) is 0 Å². The van der Waals surface area contributed by atoms with Crippen molar-refractivity contribution in [2.75, 3.05) is 20.1 Å². The fraction of sp³-hybridized carbons (Fsp3) is 0.385. The molecule has 0 radical (unpaired) electrons. The van der Waals surface area contributed by atoms with Gasteiger partial charge in [-0.3, -0.25) is 9.89 Å². The van der Waals surface area contributed by atoms with Crippen LogP contribution in [0.25, 0.3) is 10.6 Å². The van der Waals surface area contributed by atoms with Crippen LogP contribution in [0.1, 0.15) is 16.9 Å². The lowest BCUT2D eigenvalue weighted by atomic mass is 10.2. The highest BCUT2D eigenvalue weighted by molar-refractivity contribution is 7.13. The maximum absolute atomic E-state index is 12.3. The Hall–Kier alpha value is -1.66. The molecule has 3 rings (SSSR count). The summed E-state index contributed by atoms with van der Waals surface area (Å²) >= 11 is 1.63. The van der Waals surface area contributed by atoms with Crippen molar-refractivity contribution in [3.8, 4) is 10.6 Å². The number of aromatic nitrogens is 2. The third-order valence-electron chi connectivity index (χ3n) is 3.49. The first-order valence-electron chi connectivity index (χ1n) is 6.33. The van der Waals surface area contributed by atoms with Crippen molar-refractivity contribution in [2.24, 2.45) is 0 Å². The molecule has 2 N–H and O–H groups in total. The molecule has 100 valence electrons. The Morgan fingerprint density at radius 2 is 2.47 bits per heavy atom. The molecule has 1 fully saturated rings. The van der Waals surface area contributed by atoms with Crippen molar-refractivity contribution < 1.29 is 4.79 Å². The van der Waals surface area contributed by atoms with Crippen LogP contribution in [0.15, 0.2) is 23.6 Å². The van der Waals surface area contributed by atoms with Gasteiger partial charge in [0.15, 0.2) is 5.69 Å². The van der Waals surface area contributed by atoms with E-state index in [-0.39, 0.29) is 11.9 Å². The summed E-state index contributed by atoms with van der Waals surface area (Å²) in [6.45, 7) is 1.84. The summed E-state index contributed by atoms with van der Waals surface area (Å²) in [5.41, 5.74) is 1.38. The molecule has 1 amide bonds. The van der Waals surface area contributed by atoms with Crippen molar-refractivity contribution in [3.63, 3.8) is 0 Å². The number of rotatable bonds is 3. The molecule has 0 aliphatic carbocycles. The van der Waals surface area contributed by atoms with Crippen LogP contribution in [0, 0.1) is 0 Å². The van der Waals surface area contributed by atoms with Gasteiger partial charge in [0.05, 0.1) is 10.6 Å². The van der Waals surface area contributed by atoms with E-state index in [9.17, 15) is 4.79 Å². The summed E-state index contributed by atoms with van der Waals surface area (Å²) in [7, 11) is 1.85. The molecule has 0 saturated carbocycles. The molecule has 19 heavy (non-hydrogen) atoms. The first-order chi connectivity index (χ1) is 9.25. The molecule has 1 aliphatic heterocycles.